The Hall–Kier alpha value is -8.71. The van der Waals surface area contributed by atoms with Gasteiger partial charge in [-0.3, -0.25) is 0 Å². The number of aromatic nitrogens is 4. The zero-order chi connectivity index (χ0) is 44.4. The molecule has 0 unspecified atom stereocenters. The van der Waals surface area contributed by atoms with Crippen molar-refractivity contribution in [1.29, 1.82) is 0 Å². The van der Waals surface area contributed by atoms with E-state index in [1.165, 1.54) is 36.3 Å². The fraction of sp³-hybridized carbons (Fsp3) is 0. The van der Waals surface area contributed by atoms with Crippen LogP contribution in [0.25, 0.3) is 126 Å². The van der Waals surface area contributed by atoms with E-state index in [9.17, 15) is 0 Å². The van der Waals surface area contributed by atoms with Crippen LogP contribution in [-0.4, -0.2) is 19.5 Å². The summed E-state index contributed by atoms with van der Waals surface area (Å²) in [5.74, 6) is 1.75. The first-order valence-corrected chi connectivity index (χ1v) is 23.3. The number of fused-ring (bicyclic) bond motifs is 7. The van der Waals surface area contributed by atoms with Crippen LogP contribution in [0.5, 0.6) is 0 Å². The highest BCUT2D eigenvalue weighted by molar-refractivity contribution is 7.25. The summed E-state index contributed by atoms with van der Waals surface area (Å²) in [5.41, 5.74) is 19.6. The molecule has 3 aromatic heterocycles. The second kappa shape index (κ2) is 15.8. The van der Waals surface area contributed by atoms with Gasteiger partial charge in [-0.25, -0.2) is 15.0 Å². The second-order valence-electron chi connectivity index (χ2n) is 17.0. The number of hydrogen-bond donors (Lipinski definition) is 1. The topological polar surface area (TPSA) is 69.6 Å². The van der Waals surface area contributed by atoms with Crippen LogP contribution in [0.3, 0.4) is 0 Å². The van der Waals surface area contributed by atoms with E-state index in [-0.39, 0.29) is 0 Å². The Labute approximate surface area is 390 Å². The lowest BCUT2D eigenvalue weighted by molar-refractivity contribution is 1.07. The molecule has 0 amide bonds. The molecule has 0 atom stereocenters. The molecule has 67 heavy (non-hydrogen) atoms. The smallest absolute Gasteiger partial charge is 0.166 e. The second-order valence-corrected chi connectivity index (χ2v) is 18.1. The van der Waals surface area contributed by atoms with Gasteiger partial charge in [0.1, 0.15) is 0 Å². The zero-order valence-corrected chi connectivity index (χ0v) is 37.0. The van der Waals surface area contributed by atoms with Crippen LogP contribution in [-0.2, 0) is 0 Å². The van der Waals surface area contributed by atoms with Crippen LogP contribution in [0.4, 0.5) is 5.69 Å². The first-order valence-electron chi connectivity index (χ1n) is 22.5. The minimum absolute atomic E-state index is 0.573. The fourth-order valence-corrected chi connectivity index (χ4v) is 10.9. The minimum Gasteiger partial charge on any atom is -0.398 e. The average Bonchev–Trinajstić information content (AvgIpc) is 3.92. The van der Waals surface area contributed by atoms with Crippen molar-refractivity contribution in [3.8, 4) is 73.2 Å². The van der Waals surface area contributed by atoms with Gasteiger partial charge in [-0.05, 0) is 93.2 Å². The quantitative estimate of drug-likeness (QED) is 0.162. The summed E-state index contributed by atoms with van der Waals surface area (Å²) in [7, 11) is 0. The van der Waals surface area contributed by atoms with Crippen LogP contribution >= 0.6 is 11.3 Å². The number of thiophene rings is 1. The molecule has 0 aliphatic heterocycles. The molecule has 6 heteroatoms. The molecule has 0 saturated heterocycles. The van der Waals surface area contributed by atoms with Gasteiger partial charge in [-0.15, -0.1) is 11.3 Å². The maximum absolute atomic E-state index is 6.65. The first-order chi connectivity index (χ1) is 33.1. The molecule has 0 aliphatic rings. The zero-order valence-electron chi connectivity index (χ0n) is 36.1. The van der Waals surface area contributed by atoms with E-state index in [1.54, 1.807) is 0 Å². The monoisotopic (exact) mass is 873 g/mol. The average molecular weight is 874 g/mol. The molecule has 0 saturated carbocycles. The molecule has 13 rings (SSSR count). The summed E-state index contributed by atoms with van der Waals surface area (Å²) in [6, 6.07) is 79.3. The number of hydrogen-bond acceptors (Lipinski definition) is 5. The maximum atomic E-state index is 6.65. The Kier molecular flexibility index (Phi) is 9.11. The Balaban J connectivity index is 1.12. The molecule has 3 heterocycles. The van der Waals surface area contributed by atoms with Gasteiger partial charge in [-0.1, -0.05) is 170 Å². The molecule has 0 spiro atoms. The van der Waals surface area contributed by atoms with E-state index in [0.29, 0.717) is 17.5 Å². The van der Waals surface area contributed by atoms with Crippen molar-refractivity contribution in [2.24, 2.45) is 0 Å². The highest BCUT2D eigenvalue weighted by Gasteiger charge is 2.23. The van der Waals surface area contributed by atoms with E-state index in [2.05, 4.69) is 199 Å². The number of nitrogen functional groups attached to an aromatic ring is 1. The normalized spacial score (nSPS) is 11.6. The molecule has 0 bridgehead atoms. The van der Waals surface area contributed by atoms with Crippen LogP contribution in [0.1, 0.15) is 0 Å². The molecule has 2 N–H and O–H groups in total. The SMILES string of the molecule is Nc1ccccc1-c1ccc(-c2nc(-c3cccc(-c4ccccc4)c3)nc(-c3cc4c(cc3-n3c5ccccc5c5cc6ccccc6cc53)sc3ccccc34)n2)cc1-c1ccccc1. The highest BCUT2D eigenvalue weighted by Crippen LogP contribution is 2.44. The van der Waals surface area contributed by atoms with Gasteiger partial charge < -0.3 is 10.3 Å². The van der Waals surface area contributed by atoms with Gasteiger partial charge in [0.2, 0.25) is 0 Å². The lowest BCUT2D eigenvalue weighted by atomic mass is 9.92. The molecule has 13 aromatic rings. The van der Waals surface area contributed by atoms with E-state index in [4.69, 9.17) is 20.7 Å². The predicted octanol–water partition coefficient (Wildman–Crippen LogP) is 16.1. The highest BCUT2D eigenvalue weighted by atomic mass is 32.1. The van der Waals surface area contributed by atoms with Gasteiger partial charge in [-0.2, -0.15) is 0 Å². The summed E-state index contributed by atoms with van der Waals surface area (Å²) >= 11 is 1.81. The van der Waals surface area contributed by atoms with Crippen LogP contribution in [0, 0.1) is 0 Å². The predicted molar refractivity (Wildman–Crippen MR) is 282 cm³/mol. The number of rotatable bonds is 7. The molecule has 0 fully saturated rings. The maximum Gasteiger partial charge on any atom is 0.166 e. The molecule has 10 aromatic carbocycles. The van der Waals surface area contributed by atoms with E-state index < -0.39 is 0 Å². The molecule has 0 aliphatic carbocycles. The van der Waals surface area contributed by atoms with Crippen LogP contribution < -0.4 is 5.73 Å². The van der Waals surface area contributed by atoms with Crippen molar-refractivity contribution < 1.29 is 0 Å². The summed E-state index contributed by atoms with van der Waals surface area (Å²) in [6.45, 7) is 0. The van der Waals surface area contributed by atoms with Crippen molar-refractivity contribution in [1.82, 2.24) is 19.5 Å². The number of para-hydroxylation sites is 2. The Morgan fingerprint density at radius 2 is 0.955 bits per heavy atom. The van der Waals surface area contributed by atoms with E-state index in [1.807, 2.05) is 41.7 Å². The van der Waals surface area contributed by atoms with Gasteiger partial charge in [0.05, 0.1) is 16.7 Å². The van der Waals surface area contributed by atoms with E-state index in [0.717, 1.165) is 77.9 Å². The largest absolute Gasteiger partial charge is 0.398 e. The third-order valence-corrected chi connectivity index (χ3v) is 14.1. The van der Waals surface area contributed by atoms with Crippen molar-refractivity contribution >= 4 is 69.8 Å². The Bertz CT molecular complexity index is 4060. The molecular formula is C61H39N5S. The fourth-order valence-electron chi connectivity index (χ4n) is 9.78. The van der Waals surface area contributed by atoms with Crippen molar-refractivity contribution in [2.75, 3.05) is 5.73 Å². The molecule has 314 valence electrons. The lowest BCUT2D eigenvalue weighted by Crippen LogP contribution is -2.04. The molecule has 0 radical (unpaired) electrons. The third kappa shape index (κ3) is 6.65. The number of anilines is 1. The van der Waals surface area contributed by atoms with Gasteiger partial charge in [0.15, 0.2) is 17.5 Å². The summed E-state index contributed by atoms with van der Waals surface area (Å²) < 4.78 is 4.85. The Morgan fingerprint density at radius 3 is 1.76 bits per heavy atom. The van der Waals surface area contributed by atoms with Gasteiger partial charge >= 0.3 is 0 Å². The number of nitrogens with two attached hydrogens (primary N) is 1. The van der Waals surface area contributed by atoms with Gasteiger partial charge in [0, 0.05) is 58.9 Å². The molecule has 5 nitrogen and oxygen atoms in total. The standard InChI is InChI=1S/C61H39N5S/c62-53-27-12-9-24-46(53)45-31-30-44(34-49(45)39-18-5-2-6-19-39)60-63-59(43-23-15-22-40(32-43)38-16-3-1-4-17-38)64-61(65-60)52-36-51-48-26-11-14-29-57(48)67-58(51)37-56(52)66-54-28-13-10-25-47(54)50-33-41-20-7-8-21-42(41)35-55(50)66/h1-37H,62H2. The number of nitrogens with zero attached hydrogens (tertiary/aromatic N) is 4. The van der Waals surface area contributed by atoms with Crippen molar-refractivity contribution in [3.05, 3.63) is 224 Å². The van der Waals surface area contributed by atoms with Crippen LogP contribution in [0.2, 0.25) is 0 Å². The summed E-state index contributed by atoms with van der Waals surface area (Å²) in [4.78, 5) is 16.4. The molecular weight excluding hydrogens is 835 g/mol. The third-order valence-electron chi connectivity index (χ3n) is 13.0. The summed E-state index contributed by atoms with van der Waals surface area (Å²) in [6.07, 6.45) is 0. The minimum atomic E-state index is 0.573. The number of benzene rings is 10. The Morgan fingerprint density at radius 1 is 0.328 bits per heavy atom. The van der Waals surface area contributed by atoms with Gasteiger partial charge in [0.25, 0.3) is 0 Å². The summed E-state index contributed by atoms with van der Waals surface area (Å²) in [5, 5.41) is 7.14. The van der Waals surface area contributed by atoms with Crippen molar-refractivity contribution in [3.63, 3.8) is 0 Å². The van der Waals surface area contributed by atoms with E-state index >= 15 is 0 Å². The van der Waals surface area contributed by atoms with Crippen LogP contribution in [0.15, 0.2) is 224 Å². The van der Waals surface area contributed by atoms with Crippen molar-refractivity contribution in [2.45, 2.75) is 0 Å². The lowest BCUT2D eigenvalue weighted by Gasteiger charge is -2.17. The first kappa shape index (κ1) is 38.7.